The average Bonchev–Trinajstić information content (AvgIpc) is 2.67. The first-order valence-electron chi connectivity index (χ1n) is 9.12. The zero-order chi connectivity index (χ0) is 19.8. The number of nitrogens with zero attached hydrogens (tertiary/aromatic N) is 1. The van der Waals surface area contributed by atoms with Crippen molar-refractivity contribution in [1.29, 1.82) is 0 Å². The van der Waals surface area contributed by atoms with E-state index in [0.29, 0.717) is 18.0 Å². The molecule has 0 atom stereocenters. The molecule has 0 saturated carbocycles. The van der Waals surface area contributed by atoms with Crippen LogP contribution >= 0.6 is 0 Å². The molecule has 0 aliphatic rings. The number of amides is 1. The number of rotatable bonds is 5. The van der Waals surface area contributed by atoms with E-state index in [1.165, 1.54) is 0 Å². The number of benzene rings is 2. The molecule has 0 bridgehead atoms. The molecule has 3 aromatic rings. The number of carbonyl (C=O) groups excluding carboxylic acids is 1. The highest BCUT2D eigenvalue weighted by Gasteiger charge is 2.04. The fraction of sp³-hybridized carbons (Fsp3) is 0.167. The first-order valence-corrected chi connectivity index (χ1v) is 9.12. The highest BCUT2D eigenvalue weighted by atomic mass is 16.5. The number of anilines is 1. The van der Waals surface area contributed by atoms with Gasteiger partial charge in [0, 0.05) is 17.4 Å². The topological polar surface area (TPSA) is 51.2 Å². The fourth-order valence-corrected chi connectivity index (χ4v) is 2.75. The van der Waals surface area contributed by atoms with Crippen molar-refractivity contribution in [2.24, 2.45) is 0 Å². The normalized spacial score (nSPS) is 9.93. The van der Waals surface area contributed by atoms with Gasteiger partial charge in [0.25, 0.3) is 0 Å². The minimum absolute atomic E-state index is 0.0980. The summed E-state index contributed by atoms with van der Waals surface area (Å²) in [7, 11) is 0. The molecule has 4 nitrogen and oxygen atoms in total. The third-order valence-electron chi connectivity index (χ3n) is 3.94. The molecule has 0 aliphatic carbocycles. The predicted octanol–water partition coefficient (Wildman–Crippen LogP) is 4.51. The Balaban J connectivity index is 1.53. The highest BCUT2D eigenvalue weighted by molar-refractivity contribution is 5.90. The van der Waals surface area contributed by atoms with Gasteiger partial charge in [-0.15, -0.1) is 0 Å². The van der Waals surface area contributed by atoms with Crippen LogP contribution in [0.2, 0.25) is 0 Å². The molecule has 3 rings (SSSR count). The van der Waals surface area contributed by atoms with E-state index in [-0.39, 0.29) is 12.3 Å². The fourth-order valence-electron chi connectivity index (χ4n) is 2.75. The van der Waals surface area contributed by atoms with Gasteiger partial charge < -0.3 is 10.1 Å². The lowest BCUT2D eigenvalue weighted by Crippen LogP contribution is -2.15. The third kappa shape index (κ3) is 6.00. The van der Waals surface area contributed by atoms with Gasteiger partial charge in [0.15, 0.2) is 0 Å². The number of hydrogen-bond donors (Lipinski definition) is 1. The molecule has 2 aromatic carbocycles. The molecule has 4 heteroatoms. The molecule has 0 saturated heterocycles. The molecule has 1 aromatic heterocycles. The van der Waals surface area contributed by atoms with Crippen molar-refractivity contribution >= 4 is 11.6 Å². The summed E-state index contributed by atoms with van der Waals surface area (Å²) in [6.45, 7) is 4.38. The molecule has 1 amide bonds. The Morgan fingerprint density at radius 3 is 2.57 bits per heavy atom. The Morgan fingerprint density at radius 2 is 1.82 bits per heavy atom. The molecule has 0 fully saturated rings. The van der Waals surface area contributed by atoms with Gasteiger partial charge in [-0.3, -0.25) is 4.79 Å². The molecule has 1 N–H and O–H groups in total. The summed E-state index contributed by atoms with van der Waals surface area (Å²) in [5, 5.41) is 2.89. The Kier molecular flexibility index (Phi) is 6.43. The number of carbonyl (C=O) groups is 1. The number of ether oxygens (including phenoxy) is 1. The van der Waals surface area contributed by atoms with Gasteiger partial charge in [-0.05, 0) is 73.4 Å². The van der Waals surface area contributed by atoms with Gasteiger partial charge in [-0.25, -0.2) is 4.98 Å². The van der Waals surface area contributed by atoms with Crippen molar-refractivity contribution in [1.82, 2.24) is 4.98 Å². The SMILES string of the molecule is Cc1cc(C)cc(OCCC(=O)Nc2cccc(C#Cc3ccccn3)c2)c1. The monoisotopic (exact) mass is 370 g/mol. The van der Waals surface area contributed by atoms with Crippen LogP contribution < -0.4 is 10.1 Å². The van der Waals surface area contributed by atoms with Gasteiger partial charge in [-0.2, -0.15) is 0 Å². The van der Waals surface area contributed by atoms with Crippen molar-refractivity contribution in [3.05, 3.63) is 89.2 Å². The van der Waals surface area contributed by atoms with Crippen LogP contribution in [0.25, 0.3) is 0 Å². The second-order valence-corrected chi connectivity index (χ2v) is 6.52. The summed E-state index contributed by atoms with van der Waals surface area (Å²) in [4.78, 5) is 16.4. The van der Waals surface area contributed by atoms with Crippen molar-refractivity contribution in [3.8, 4) is 17.6 Å². The van der Waals surface area contributed by atoms with E-state index in [2.05, 4.69) is 28.2 Å². The van der Waals surface area contributed by atoms with Crippen LogP contribution in [0, 0.1) is 25.7 Å². The standard InChI is InChI=1S/C24H22N2O2/c1-18-14-19(2)16-23(15-18)28-13-11-24(27)26-22-8-5-6-20(17-22)9-10-21-7-3-4-12-25-21/h3-8,12,14-17H,11,13H2,1-2H3,(H,26,27). The number of nitrogens with one attached hydrogen (secondary N) is 1. The number of aryl methyl sites for hydroxylation is 2. The van der Waals surface area contributed by atoms with Crippen LogP contribution in [-0.2, 0) is 4.79 Å². The molecule has 28 heavy (non-hydrogen) atoms. The molecule has 140 valence electrons. The van der Waals surface area contributed by atoms with E-state index in [0.717, 1.165) is 22.4 Å². The summed E-state index contributed by atoms with van der Waals surface area (Å²) in [6.07, 6.45) is 1.98. The summed E-state index contributed by atoms with van der Waals surface area (Å²) in [6, 6.07) is 19.1. The highest BCUT2D eigenvalue weighted by Crippen LogP contribution is 2.16. The van der Waals surface area contributed by atoms with Gasteiger partial charge in [0.1, 0.15) is 11.4 Å². The largest absolute Gasteiger partial charge is 0.493 e. The van der Waals surface area contributed by atoms with E-state index in [9.17, 15) is 4.79 Å². The van der Waals surface area contributed by atoms with Crippen LogP contribution in [0.1, 0.15) is 28.8 Å². The molecule has 1 heterocycles. The minimum Gasteiger partial charge on any atom is -0.493 e. The average molecular weight is 370 g/mol. The van der Waals surface area contributed by atoms with Crippen LogP contribution in [0.4, 0.5) is 5.69 Å². The van der Waals surface area contributed by atoms with Crippen molar-refractivity contribution < 1.29 is 9.53 Å². The summed E-state index contributed by atoms with van der Waals surface area (Å²) < 4.78 is 5.70. The van der Waals surface area contributed by atoms with Crippen molar-refractivity contribution in [2.75, 3.05) is 11.9 Å². The molecule has 0 spiro atoms. The zero-order valence-electron chi connectivity index (χ0n) is 16.0. The maximum Gasteiger partial charge on any atom is 0.227 e. The lowest BCUT2D eigenvalue weighted by molar-refractivity contribution is -0.116. The molecular formula is C24H22N2O2. The number of pyridine rings is 1. The maximum absolute atomic E-state index is 12.2. The second-order valence-electron chi connectivity index (χ2n) is 6.52. The quantitative estimate of drug-likeness (QED) is 0.673. The third-order valence-corrected chi connectivity index (χ3v) is 3.94. The minimum atomic E-state index is -0.0980. The lowest BCUT2D eigenvalue weighted by atomic mass is 10.1. The Hall–Kier alpha value is -3.58. The molecule has 0 radical (unpaired) electrons. The van der Waals surface area contributed by atoms with E-state index in [1.807, 2.05) is 68.4 Å². The smallest absolute Gasteiger partial charge is 0.227 e. The zero-order valence-corrected chi connectivity index (χ0v) is 16.0. The Labute approximate surface area is 165 Å². The molecule has 0 aliphatic heterocycles. The molecular weight excluding hydrogens is 348 g/mol. The first-order chi connectivity index (χ1) is 13.6. The second kappa shape index (κ2) is 9.38. The van der Waals surface area contributed by atoms with E-state index >= 15 is 0 Å². The predicted molar refractivity (Wildman–Crippen MR) is 111 cm³/mol. The summed E-state index contributed by atoms with van der Waals surface area (Å²) in [5.41, 5.74) is 4.52. The number of hydrogen-bond acceptors (Lipinski definition) is 3. The van der Waals surface area contributed by atoms with Gasteiger partial charge >= 0.3 is 0 Å². The van der Waals surface area contributed by atoms with Gasteiger partial charge in [0.2, 0.25) is 5.91 Å². The van der Waals surface area contributed by atoms with Crippen LogP contribution in [-0.4, -0.2) is 17.5 Å². The van der Waals surface area contributed by atoms with Gasteiger partial charge in [0.05, 0.1) is 13.0 Å². The van der Waals surface area contributed by atoms with Gasteiger partial charge in [-0.1, -0.05) is 24.1 Å². The van der Waals surface area contributed by atoms with Crippen LogP contribution in [0.3, 0.4) is 0 Å². The van der Waals surface area contributed by atoms with E-state index < -0.39 is 0 Å². The van der Waals surface area contributed by atoms with Crippen LogP contribution in [0.15, 0.2) is 66.9 Å². The first kappa shape index (κ1) is 19.2. The van der Waals surface area contributed by atoms with E-state index in [1.54, 1.807) is 6.20 Å². The summed E-state index contributed by atoms with van der Waals surface area (Å²) >= 11 is 0. The lowest BCUT2D eigenvalue weighted by Gasteiger charge is -2.09. The van der Waals surface area contributed by atoms with Crippen molar-refractivity contribution in [2.45, 2.75) is 20.3 Å². The Morgan fingerprint density at radius 1 is 1.00 bits per heavy atom. The van der Waals surface area contributed by atoms with Crippen LogP contribution in [0.5, 0.6) is 5.75 Å². The van der Waals surface area contributed by atoms with Crippen molar-refractivity contribution in [3.63, 3.8) is 0 Å². The van der Waals surface area contributed by atoms with E-state index in [4.69, 9.17) is 4.74 Å². The maximum atomic E-state index is 12.2. The molecule has 0 unspecified atom stereocenters. The number of aromatic nitrogens is 1. The Bertz CT molecular complexity index is 997. The summed E-state index contributed by atoms with van der Waals surface area (Å²) in [5.74, 6) is 6.76.